The number of halogens is 2. The number of aromatic amines is 1. The van der Waals surface area contributed by atoms with Crippen molar-refractivity contribution in [3.63, 3.8) is 0 Å². The summed E-state index contributed by atoms with van der Waals surface area (Å²) in [5.41, 5.74) is 1.60. The number of benzene rings is 2. The second-order valence-corrected chi connectivity index (χ2v) is 9.18. The molecule has 1 fully saturated rings. The van der Waals surface area contributed by atoms with Crippen molar-refractivity contribution < 1.29 is 26.8 Å². The number of rotatable bonds is 4. The Labute approximate surface area is 177 Å². The van der Waals surface area contributed by atoms with E-state index >= 15 is 0 Å². The lowest BCUT2D eigenvalue weighted by Gasteiger charge is -2.33. The Morgan fingerprint density at radius 3 is 2.39 bits per heavy atom. The molecule has 0 bridgehead atoms. The zero-order chi connectivity index (χ0) is 22.3. The van der Waals surface area contributed by atoms with Gasteiger partial charge >= 0.3 is 0 Å². The van der Waals surface area contributed by atoms with Gasteiger partial charge in [-0.25, -0.2) is 17.2 Å². The monoisotopic (exact) mass is 447 g/mol. The molecule has 10 heteroatoms. The van der Waals surface area contributed by atoms with Gasteiger partial charge in [-0.2, -0.15) is 4.31 Å². The predicted octanol–water partition coefficient (Wildman–Crippen LogP) is 2.47. The van der Waals surface area contributed by atoms with Crippen LogP contribution in [0.25, 0.3) is 10.9 Å². The van der Waals surface area contributed by atoms with Gasteiger partial charge in [-0.1, -0.05) is 18.2 Å². The van der Waals surface area contributed by atoms with E-state index in [0.717, 1.165) is 22.0 Å². The van der Waals surface area contributed by atoms with E-state index in [-0.39, 0.29) is 31.7 Å². The minimum Gasteiger partial charge on any atom is -0.358 e. The number of para-hydroxylation sites is 1. The van der Waals surface area contributed by atoms with E-state index in [1.54, 1.807) is 25.1 Å². The van der Waals surface area contributed by atoms with Gasteiger partial charge in [0.05, 0.1) is 5.56 Å². The Morgan fingerprint density at radius 2 is 1.68 bits per heavy atom. The van der Waals surface area contributed by atoms with Crippen molar-refractivity contribution in [3.05, 3.63) is 65.4 Å². The molecule has 162 valence electrons. The molecule has 3 aromatic rings. The molecule has 0 saturated carbocycles. The molecule has 4 rings (SSSR count). The van der Waals surface area contributed by atoms with Crippen LogP contribution in [-0.4, -0.2) is 60.5 Å². The Bertz CT molecular complexity index is 1300. The third kappa shape index (κ3) is 3.72. The van der Waals surface area contributed by atoms with Crippen LogP contribution < -0.4 is 0 Å². The number of carbonyl (C=O) groups is 2. The van der Waals surface area contributed by atoms with Crippen LogP contribution in [0.2, 0.25) is 0 Å². The molecule has 1 saturated heterocycles. The van der Waals surface area contributed by atoms with Crippen molar-refractivity contribution in [2.45, 2.75) is 11.8 Å². The molecule has 1 aliphatic heterocycles. The number of H-pyrrole nitrogens is 1. The quantitative estimate of drug-likeness (QED) is 0.492. The first kappa shape index (κ1) is 21.1. The van der Waals surface area contributed by atoms with Crippen molar-refractivity contribution in [2.75, 3.05) is 26.2 Å². The van der Waals surface area contributed by atoms with Gasteiger partial charge in [0.15, 0.2) is 0 Å². The maximum atomic E-state index is 14.0. The number of aryl methyl sites for hydroxylation is 1. The number of piperazine rings is 1. The van der Waals surface area contributed by atoms with E-state index in [9.17, 15) is 26.8 Å². The lowest BCUT2D eigenvalue weighted by molar-refractivity contribution is -0.127. The van der Waals surface area contributed by atoms with Crippen LogP contribution in [-0.2, 0) is 14.8 Å². The number of aromatic nitrogens is 1. The lowest BCUT2D eigenvalue weighted by Crippen LogP contribution is -2.52. The SMILES string of the molecule is Cc1[nH]c2ccccc2c1C(=O)C(=O)N1CCN(S(=O)(=O)c2cc(F)ccc2F)CC1. The molecule has 31 heavy (non-hydrogen) atoms. The van der Waals surface area contributed by atoms with Crippen molar-refractivity contribution in [2.24, 2.45) is 0 Å². The molecule has 1 aliphatic rings. The van der Waals surface area contributed by atoms with Gasteiger partial charge in [0.1, 0.15) is 16.5 Å². The summed E-state index contributed by atoms with van der Waals surface area (Å²) >= 11 is 0. The van der Waals surface area contributed by atoms with Crippen LogP contribution in [0.4, 0.5) is 8.78 Å². The first-order valence-electron chi connectivity index (χ1n) is 9.56. The second kappa shape index (κ2) is 7.86. The number of hydrogen-bond acceptors (Lipinski definition) is 4. The van der Waals surface area contributed by atoms with Crippen LogP contribution in [0.15, 0.2) is 47.4 Å². The first-order chi connectivity index (χ1) is 14.7. The van der Waals surface area contributed by atoms with Gasteiger partial charge in [-0.15, -0.1) is 0 Å². The Morgan fingerprint density at radius 1 is 1.00 bits per heavy atom. The number of carbonyl (C=O) groups excluding carboxylic acids is 2. The van der Waals surface area contributed by atoms with E-state index in [2.05, 4.69) is 4.98 Å². The van der Waals surface area contributed by atoms with Gasteiger partial charge in [0, 0.05) is 42.8 Å². The predicted molar refractivity (Wildman–Crippen MR) is 109 cm³/mol. The standard InChI is InChI=1S/C21H19F2N3O4S/c1-13-19(15-4-2-3-5-17(15)24-13)20(27)21(28)25-8-10-26(11-9-25)31(29,30)18-12-14(22)6-7-16(18)23/h2-7,12,24H,8-11H2,1H3. The smallest absolute Gasteiger partial charge is 0.295 e. The molecular formula is C21H19F2N3O4S. The molecule has 0 atom stereocenters. The number of amides is 1. The van der Waals surface area contributed by atoms with E-state index in [1.165, 1.54) is 4.90 Å². The summed E-state index contributed by atoms with van der Waals surface area (Å²) in [5, 5.41) is 0.640. The summed E-state index contributed by atoms with van der Waals surface area (Å²) in [5.74, 6) is -3.33. The van der Waals surface area contributed by atoms with Gasteiger partial charge in [0.25, 0.3) is 11.7 Å². The van der Waals surface area contributed by atoms with E-state index in [4.69, 9.17) is 0 Å². The number of fused-ring (bicyclic) bond motifs is 1. The Hall–Kier alpha value is -3.11. The molecule has 0 spiro atoms. The Balaban J connectivity index is 1.51. The van der Waals surface area contributed by atoms with Crippen LogP contribution in [0, 0.1) is 18.6 Å². The minimum atomic E-state index is -4.27. The highest BCUT2D eigenvalue weighted by molar-refractivity contribution is 7.89. The molecule has 1 N–H and O–H groups in total. The van der Waals surface area contributed by atoms with Gasteiger partial charge in [-0.3, -0.25) is 9.59 Å². The third-order valence-corrected chi connectivity index (χ3v) is 7.27. The highest BCUT2D eigenvalue weighted by Crippen LogP contribution is 2.24. The molecule has 0 aliphatic carbocycles. The van der Waals surface area contributed by atoms with Crippen molar-refractivity contribution >= 4 is 32.6 Å². The molecule has 2 aromatic carbocycles. The number of nitrogens with one attached hydrogen (secondary N) is 1. The first-order valence-corrected chi connectivity index (χ1v) is 11.0. The van der Waals surface area contributed by atoms with Crippen molar-refractivity contribution in [1.29, 1.82) is 0 Å². The average molecular weight is 447 g/mol. The molecule has 1 amide bonds. The van der Waals surface area contributed by atoms with Crippen LogP contribution in [0.1, 0.15) is 16.1 Å². The fraction of sp³-hybridized carbons (Fsp3) is 0.238. The number of Topliss-reactive ketones (excluding diaryl/α,β-unsaturated/α-hetero) is 1. The summed E-state index contributed by atoms with van der Waals surface area (Å²) in [4.78, 5) is 29.3. The summed E-state index contributed by atoms with van der Waals surface area (Å²) in [6.07, 6.45) is 0. The molecule has 2 heterocycles. The zero-order valence-electron chi connectivity index (χ0n) is 16.6. The topological polar surface area (TPSA) is 90.6 Å². The second-order valence-electron chi connectivity index (χ2n) is 7.27. The third-order valence-electron chi connectivity index (χ3n) is 5.35. The molecular weight excluding hydrogens is 428 g/mol. The number of ketones is 1. The van der Waals surface area contributed by atoms with Crippen molar-refractivity contribution in [3.8, 4) is 0 Å². The maximum absolute atomic E-state index is 14.0. The van der Waals surface area contributed by atoms with Gasteiger partial charge < -0.3 is 9.88 Å². The number of nitrogens with zero attached hydrogens (tertiary/aromatic N) is 2. The summed E-state index contributed by atoms with van der Waals surface area (Å²) in [6, 6.07) is 9.36. The van der Waals surface area contributed by atoms with Gasteiger partial charge in [-0.05, 0) is 31.2 Å². The fourth-order valence-corrected chi connectivity index (χ4v) is 5.26. The summed E-state index contributed by atoms with van der Waals surface area (Å²) < 4.78 is 53.8. The van der Waals surface area contributed by atoms with E-state index < -0.39 is 38.2 Å². The zero-order valence-corrected chi connectivity index (χ0v) is 17.4. The minimum absolute atomic E-state index is 0.0395. The molecule has 1 aromatic heterocycles. The van der Waals surface area contributed by atoms with E-state index in [0.29, 0.717) is 17.1 Å². The highest BCUT2D eigenvalue weighted by atomic mass is 32.2. The van der Waals surface area contributed by atoms with Crippen LogP contribution in [0.3, 0.4) is 0 Å². The largest absolute Gasteiger partial charge is 0.358 e. The molecule has 0 unspecified atom stereocenters. The van der Waals surface area contributed by atoms with E-state index in [1.807, 2.05) is 6.07 Å². The van der Waals surface area contributed by atoms with Crippen LogP contribution in [0.5, 0.6) is 0 Å². The Kier molecular flexibility index (Phi) is 5.36. The summed E-state index contributed by atoms with van der Waals surface area (Å²) in [7, 11) is -4.27. The fourth-order valence-electron chi connectivity index (χ4n) is 3.77. The number of hydrogen-bond donors (Lipinski definition) is 1. The normalized spacial score (nSPS) is 15.4. The van der Waals surface area contributed by atoms with Gasteiger partial charge in [0.2, 0.25) is 10.0 Å². The maximum Gasteiger partial charge on any atom is 0.295 e. The summed E-state index contributed by atoms with van der Waals surface area (Å²) in [6.45, 7) is 1.36. The number of sulfonamides is 1. The average Bonchev–Trinajstić information content (AvgIpc) is 3.10. The lowest BCUT2D eigenvalue weighted by atomic mass is 10.1. The molecule has 7 nitrogen and oxygen atoms in total. The van der Waals surface area contributed by atoms with Crippen LogP contribution >= 0.6 is 0 Å². The molecule has 0 radical (unpaired) electrons. The highest BCUT2D eigenvalue weighted by Gasteiger charge is 2.34. The van der Waals surface area contributed by atoms with Crippen molar-refractivity contribution in [1.82, 2.24) is 14.2 Å².